The van der Waals surface area contributed by atoms with Crippen LogP contribution < -0.4 is 0 Å². The second-order valence-electron chi connectivity index (χ2n) is 4.31. The molecule has 108 valence electrons. The van der Waals surface area contributed by atoms with Crippen molar-refractivity contribution in [2.45, 2.75) is 6.18 Å². The molecule has 1 heterocycles. The van der Waals surface area contributed by atoms with E-state index in [1.807, 2.05) is 0 Å². The van der Waals surface area contributed by atoms with Crippen LogP contribution in [0.5, 0.6) is 0 Å². The molecule has 20 heavy (non-hydrogen) atoms. The number of aromatic amines is 1. The number of benzene rings is 1. The number of fused-ring (bicyclic) bond motifs is 1. The second-order valence-corrected chi connectivity index (χ2v) is 4.31. The van der Waals surface area contributed by atoms with Gasteiger partial charge < -0.3 is 15.0 Å². The van der Waals surface area contributed by atoms with E-state index in [0.717, 1.165) is 0 Å². The topological polar surface area (TPSA) is 56.3 Å². The summed E-state index contributed by atoms with van der Waals surface area (Å²) < 4.78 is 37.4. The van der Waals surface area contributed by atoms with Crippen LogP contribution in [-0.2, 0) is 0 Å². The zero-order valence-corrected chi connectivity index (χ0v) is 10.4. The van der Waals surface area contributed by atoms with Gasteiger partial charge in [-0.3, -0.25) is 4.79 Å². The maximum atomic E-state index is 12.5. The summed E-state index contributed by atoms with van der Waals surface area (Å²) in [6.45, 7) is -2.27. The summed E-state index contributed by atoms with van der Waals surface area (Å²) in [6.07, 6.45) is -3.12. The van der Waals surface area contributed by atoms with Gasteiger partial charge in [0.1, 0.15) is 6.54 Å². The largest absolute Gasteiger partial charge is 0.406 e. The number of carbonyl (C=O) groups is 1. The molecule has 0 aliphatic carbocycles. The maximum absolute atomic E-state index is 12.5. The number of para-hydroxylation sites is 1. The minimum Gasteiger partial charge on any atom is -0.395 e. The number of halogens is 3. The van der Waals surface area contributed by atoms with Gasteiger partial charge in [0.15, 0.2) is 0 Å². The van der Waals surface area contributed by atoms with Gasteiger partial charge >= 0.3 is 6.18 Å². The lowest BCUT2D eigenvalue weighted by Crippen LogP contribution is -2.40. The van der Waals surface area contributed by atoms with E-state index in [1.54, 1.807) is 24.3 Å². The van der Waals surface area contributed by atoms with Crippen LogP contribution in [0.2, 0.25) is 0 Å². The van der Waals surface area contributed by atoms with Crippen molar-refractivity contribution in [3.63, 3.8) is 0 Å². The van der Waals surface area contributed by atoms with Gasteiger partial charge in [0, 0.05) is 23.6 Å². The van der Waals surface area contributed by atoms with Crippen LogP contribution in [-0.4, -0.2) is 46.8 Å². The molecule has 7 heteroatoms. The fourth-order valence-electron chi connectivity index (χ4n) is 2.01. The van der Waals surface area contributed by atoms with E-state index in [2.05, 4.69) is 4.98 Å². The van der Waals surface area contributed by atoms with Crippen LogP contribution in [0.15, 0.2) is 30.5 Å². The van der Waals surface area contributed by atoms with Gasteiger partial charge in [0.05, 0.1) is 12.2 Å². The summed E-state index contributed by atoms with van der Waals surface area (Å²) in [5.41, 5.74) is 0.838. The monoisotopic (exact) mass is 286 g/mol. The van der Waals surface area contributed by atoms with E-state index in [1.165, 1.54) is 6.20 Å². The summed E-state index contributed by atoms with van der Waals surface area (Å²) >= 11 is 0. The molecule has 0 bridgehead atoms. The van der Waals surface area contributed by atoms with E-state index in [4.69, 9.17) is 5.11 Å². The van der Waals surface area contributed by atoms with Gasteiger partial charge in [-0.2, -0.15) is 13.2 Å². The molecule has 4 nitrogen and oxygen atoms in total. The molecule has 0 aliphatic heterocycles. The molecule has 2 aromatic rings. The van der Waals surface area contributed by atoms with E-state index < -0.39 is 25.2 Å². The van der Waals surface area contributed by atoms with Gasteiger partial charge in [-0.1, -0.05) is 18.2 Å². The molecule has 0 radical (unpaired) electrons. The molecule has 0 unspecified atom stereocenters. The quantitative estimate of drug-likeness (QED) is 0.905. The number of hydrogen-bond acceptors (Lipinski definition) is 2. The predicted octanol–water partition coefficient (Wildman–Crippen LogP) is 2.16. The summed E-state index contributed by atoms with van der Waals surface area (Å²) in [4.78, 5) is 15.6. The molecule has 0 atom stereocenters. The third-order valence-corrected chi connectivity index (χ3v) is 2.85. The van der Waals surface area contributed by atoms with Crippen molar-refractivity contribution in [1.29, 1.82) is 0 Å². The predicted molar refractivity (Wildman–Crippen MR) is 67.3 cm³/mol. The lowest BCUT2D eigenvalue weighted by Gasteiger charge is -2.22. The highest BCUT2D eigenvalue weighted by Crippen LogP contribution is 2.22. The Morgan fingerprint density at radius 1 is 1.30 bits per heavy atom. The van der Waals surface area contributed by atoms with Crippen molar-refractivity contribution in [3.8, 4) is 0 Å². The number of alkyl halides is 3. The molecule has 2 rings (SSSR count). The van der Waals surface area contributed by atoms with Gasteiger partial charge in [-0.05, 0) is 6.07 Å². The molecule has 0 saturated heterocycles. The number of H-pyrrole nitrogens is 1. The lowest BCUT2D eigenvalue weighted by atomic mass is 10.1. The van der Waals surface area contributed by atoms with Crippen LogP contribution in [0.3, 0.4) is 0 Å². The molecular formula is C13H13F3N2O2. The van der Waals surface area contributed by atoms with Crippen molar-refractivity contribution >= 4 is 16.8 Å². The van der Waals surface area contributed by atoms with Crippen molar-refractivity contribution in [2.24, 2.45) is 0 Å². The van der Waals surface area contributed by atoms with E-state index in [0.29, 0.717) is 15.8 Å². The molecule has 1 aromatic heterocycles. The number of aromatic nitrogens is 1. The second kappa shape index (κ2) is 5.54. The van der Waals surface area contributed by atoms with Crippen molar-refractivity contribution in [1.82, 2.24) is 9.88 Å². The first-order chi connectivity index (χ1) is 9.42. The molecule has 1 aromatic carbocycles. The maximum Gasteiger partial charge on any atom is 0.406 e. The standard InChI is InChI=1S/C13H13F3N2O2/c14-13(15,16)8-18(5-6-19)12(20)10-7-17-11-4-2-1-3-9(10)11/h1-4,7,17,19H,5-6,8H2. The van der Waals surface area contributed by atoms with Gasteiger partial charge in [-0.25, -0.2) is 0 Å². The smallest absolute Gasteiger partial charge is 0.395 e. The highest BCUT2D eigenvalue weighted by atomic mass is 19.4. The summed E-state index contributed by atoms with van der Waals surface area (Å²) in [6, 6.07) is 6.84. The summed E-state index contributed by atoms with van der Waals surface area (Å²) in [7, 11) is 0. The Bertz CT molecular complexity index is 607. The third-order valence-electron chi connectivity index (χ3n) is 2.85. The first-order valence-corrected chi connectivity index (χ1v) is 5.95. The minimum atomic E-state index is -4.50. The van der Waals surface area contributed by atoms with Crippen LogP contribution in [0.4, 0.5) is 13.2 Å². The Morgan fingerprint density at radius 2 is 2.00 bits per heavy atom. The highest BCUT2D eigenvalue weighted by Gasteiger charge is 2.33. The average Bonchev–Trinajstić information content (AvgIpc) is 2.79. The SMILES string of the molecule is O=C(c1c[nH]c2ccccc12)N(CCO)CC(F)(F)F. The Hall–Kier alpha value is -2.02. The Kier molecular flexibility index (Phi) is 3.99. The Morgan fingerprint density at radius 3 is 2.65 bits per heavy atom. The summed E-state index contributed by atoms with van der Waals surface area (Å²) in [5, 5.41) is 9.38. The number of rotatable bonds is 4. The van der Waals surface area contributed by atoms with Crippen LogP contribution in [0, 0.1) is 0 Å². The van der Waals surface area contributed by atoms with Gasteiger partial charge in [0.2, 0.25) is 0 Å². The lowest BCUT2D eigenvalue weighted by molar-refractivity contribution is -0.141. The first-order valence-electron chi connectivity index (χ1n) is 5.95. The molecule has 0 aliphatic rings. The van der Waals surface area contributed by atoms with E-state index in [9.17, 15) is 18.0 Å². The van der Waals surface area contributed by atoms with Crippen LogP contribution >= 0.6 is 0 Å². The number of hydrogen-bond donors (Lipinski definition) is 2. The minimum absolute atomic E-state index is 0.165. The third kappa shape index (κ3) is 3.11. The molecule has 0 spiro atoms. The van der Waals surface area contributed by atoms with Gasteiger partial charge in [0.25, 0.3) is 5.91 Å². The summed E-state index contributed by atoms with van der Waals surface area (Å²) in [5.74, 6) is -0.756. The molecule has 0 saturated carbocycles. The van der Waals surface area contributed by atoms with Crippen molar-refractivity contribution in [2.75, 3.05) is 19.7 Å². The molecule has 1 amide bonds. The fraction of sp³-hybridized carbons (Fsp3) is 0.308. The van der Waals surface area contributed by atoms with Crippen molar-refractivity contribution < 1.29 is 23.1 Å². The molecule has 0 fully saturated rings. The fourth-order valence-corrected chi connectivity index (χ4v) is 2.01. The number of nitrogens with zero attached hydrogens (tertiary/aromatic N) is 1. The van der Waals surface area contributed by atoms with E-state index >= 15 is 0 Å². The number of carbonyl (C=O) groups excluding carboxylic acids is 1. The normalized spacial score (nSPS) is 11.8. The Labute approximate surface area is 112 Å². The Balaban J connectivity index is 2.31. The molecular weight excluding hydrogens is 273 g/mol. The molecule has 2 N–H and O–H groups in total. The van der Waals surface area contributed by atoms with Crippen molar-refractivity contribution in [3.05, 3.63) is 36.0 Å². The number of amides is 1. The van der Waals surface area contributed by atoms with E-state index in [-0.39, 0.29) is 12.1 Å². The van der Waals surface area contributed by atoms with Crippen LogP contribution in [0.25, 0.3) is 10.9 Å². The first kappa shape index (κ1) is 14.4. The number of nitrogens with one attached hydrogen (secondary N) is 1. The average molecular weight is 286 g/mol. The zero-order valence-electron chi connectivity index (χ0n) is 10.4. The highest BCUT2D eigenvalue weighted by molar-refractivity contribution is 6.06. The zero-order chi connectivity index (χ0) is 14.8. The van der Waals surface area contributed by atoms with Gasteiger partial charge in [-0.15, -0.1) is 0 Å². The number of aliphatic hydroxyl groups is 1. The number of aliphatic hydroxyl groups excluding tert-OH is 1. The van der Waals surface area contributed by atoms with Crippen LogP contribution in [0.1, 0.15) is 10.4 Å².